The van der Waals surface area contributed by atoms with Crippen LogP contribution in [0.1, 0.15) is 24.0 Å². The standard InChI is InChI=1S/C16H15F2NO3/c1-11(13-5-7-14(8-6-13)19(20)21)9-12-3-2-4-15(10-12)22-16(17)18/h2-8,10-11,16H,9H2,1H3. The Bertz CT molecular complexity index is 644. The summed E-state index contributed by atoms with van der Waals surface area (Å²) in [6, 6.07) is 12.9. The summed E-state index contributed by atoms with van der Waals surface area (Å²) in [5, 5.41) is 10.6. The highest BCUT2D eigenvalue weighted by atomic mass is 19.3. The van der Waals surface area contributed by atoms with Gasteiger partial charge in [0.05, 0.1) is 4.92 Å². The van der Waals surface area contributed by atoms with Crippen molar-refractivity contribution in [2.24, 2.45) is 0 Å². The second-order valence-corrected chi connectivity index (χ2v) is 4.98. The van der Waals surface area contributed by atoms with Crippen LogP contribution in [0.25, 0.3) is 0 Å². The molecule has 0 amide bonds. The Labute approximate surface area is 126 Å². The van der Waals surface area contributed by atoms with Gasteiger partial charge in [-0.3, -0.25) is 10.1 Å². The molecule has 116 valence electrons. The van der Waals surface area contributed by atoms with E-state index in [4.69, 9.17) is 0 Å². The molecule has 2 aromatic carbocycles. The molecule has 2 aromatic rings. The minimum atomic E-state index is -2.85. The number of hydrogen-bond donors (Lipinski definition) is 0. The van der Waals surface area contributed by atoms with Crippen LogP contribution in [0.3, 0.4) is 0 Å². The molecule has 0 aliphatic heterocycles. The van der Waals surface area contributed by atoms with Gasteiger partial charge in [-0.15, -0.1) is 0 Å². The molecule has 0 heterocycles. The Morgan fingerprint density at radius 3 is 2.45 bits per heavy atom. The van der Waals surface area contributed by atoms with Crippen LogP contribution in [0.2, 0.25) is 0 Å². The Balaban J connectivity index is 2.07. The SMILES string of the molecule is CC(Cc1cccc(OC(F)F)c1)c1ccc([N+](=O)[O-])cc1. The summed E-state index contributed by atoms with van der Waals surface area (Å²) in [5.41, 5.74) is 1.86. The lowest BCUT2D eigenvalue weighted by Gasteiger charge is -2.13. The Morgan fingerprint density at radius 1 is 1.18 bits per heavy atom. The molecule has 0 spiro atoms. The summed E-state index contributed by atoms with van der Waals surface area (Å²) in [7, 11) is 0. The number of nitro benzene ring substituents is 1. The zero-order valence-corrected chi connectivity index (χ0v) is 11.9. The molecule has 0 N–H and O–H groups in total. The molecule has 0 bridgehead atoms. The minimum absolute atomic E-state index is 0.0447. The summed E-state index contributed by atoms with van der Waals surface area (Å²) in [6.07, 6.45) is 0.623. The lowest BCUT2D eigenvalue weighted by Crippen LogP contribution is -2.03. The quantitative estimate of drug-likeness (QED) is 0.581. The monoisotopic (exact) mass is 307 g/mol. The van der Waals surface area contributed by atoms with Crippen molar-refractivity contribution < 1.29 is 18.4 Å². The fourth-order valence-electron chi connectivity index (χ4n) is 2.24. The smallest absolute Gasteiger partial charge is 0.387 e. The highest BCUT2D eigenvalue weighted by molar-refractivity contribution is 5.35. The number of nitrogens with zero attached hydrogens (tertiary/aromatic N) is 1. The van der Waals surface area contributed by atoms with Crippen LogP contribution >= 0.6 is 0 Å². The van der Waals surface area contributed by atoms with Crippen molar-refractivity contribution in [2.75, 3.05) is 0 Å². The molecule has 2 rings (SSSR count). The predicted octanol–water partition coefficient (Wildman–Crippen LogP) is 4.54. The largest absolute Gasteiger partial charge is 0.435 e. The summed E-state index contributed by atoms with van der Waals surface area (Å²) < 4.78 is 28.8. The maximum Gasteiger partial charge on any atom is 0.387 e. The van der Waals surface area contributed by atoms with E-state index in [0.717, 1.165) is 11.1 Å². The maximum atomic E-state index is 12.2. The van der Waals surface area contributed by atoms with Crippen molar-refractivity contribution in [3.8, 4) is 5.75 Å². The van der Waals surface area contributed by atoms with Crippen LogP contribution in [-0.2, 0) is 6.42 Å². The topological polar surface area (TPSA) is 52.4 Å². The van der Waals surface area contributed by atoms with Crippen LogP contribution in [0.15, 0.2) is 48.5 Å². The van der Waals surface area contributed by atoms with E-state index in [0.29, 0.717) is 6.42 Å². The molecule has 4 nitrogen and oxygen atoms in total. The number of alkyl halides is 2. The highest BCUT2D eigenvalue weighted by Gasteiger charge is 2.11. The number of rotatable bonds is 6. The molecule has 0 saturated carbocycles. The molecule has 22 heavy (non-hydrogen) atoms. The van der Waals surface area contributed by atoms with E-state index in [1.165, 1.54) is 18.2 Å². The number of ether oxygens (including phenoxy) is 1. The van der Waals surface area contributed by atoms with Gasteiger partial charge in [-0.25, -0.2) is 0 Å². The molecule has 0 aliphatic carbocycles. The first-order valence-electron chi connectivity index (χ1n) is 6.74. The van der Waals surface area contributed by atoms with Crippen LogP contribution in [0, 0.1) is 10.1 Å². The van der Waals surface area contributed by atoms with Gasteiger partial charge in [-0.1, -0.05) is 31.2 Å². The second-order valence-electron chi connectivity index (χ2n) is 4.98. The van der Waals surface area contributed by atoms with Crippen LogP contribution in [0.4, 0.5) is 14.5 Å². The number of non-ortho nitro benzene ring substituents is 1. The van der Waals surface area contributed by atoms with Gasteiger partial charge < -0.3 is 4.74 Å². The summed E-state index contributed by atoms with van der Waals surface area (Å²) >= 11 is 0. The fourth-order valence-corrected chi connectivity index (χ4v) is 2.24. The normalized spacial score (nSPS) is 12.2. The zero-order valence-electron chi connectivity index (χ0n) is 11.9. The van der Waals surface area contributed by atoms with Gasteiger partial charge in [0.2, 0.25) is 0 Å². The third-order valence-corrected chi connectivity index (χ3v) is 3.34. The molecule has 0 aromatic heterocycles. The van der Waals surface area contributed by atoms with Gasteiger partial charge in [0.15, 0.2) is 0 Å². The van der Waals surface area contributed by atoms with Gasteiger partial charge in [-0.2, -0.15) is 8.78 Å². The average Bonchev–Trinajstić information content (AvgIpc) is 2.47. The third kappa shape index (κ3) is 4.25. The van der Waals surface area contributed by atoms with E-state index in [-0.39, 0.29) is 17.4 Å². The molecule has 0 aliphatic rings. The first kappa shape index (κ1) is 15.9. The first-order chi connectivity index (χ1) is 10.5. The highest BCUT2D eigenvalue weighted by Crippen LogP contribution is 2.25. The van der Waals surface area contributed by atoms with Crippen molar-refractivity contribution in [3.05, 3.63) is 69.8 Å². The summed E-state index contributed by atoms with van der Waals surface area (Å²) in [5.74, 6) is 0.228. The molecular formula is C16H15F2NO3. The molecule has 1 atom stereocenters. The lowest BCUT2D eigenvalue weighted by molar-refractivity contribution is -0.384. The Kier molecular flexibility index (Phi) is 5.04. The van der Waals surface area contributed by atoms with Crippen molar-refractivity contribution >= 4 is 5.69 Å². The number of halogens is 2. The predicted molar refractivity (Wildman–Crippen MR) is 78.3 cm³/mol. The van der Waals surface area contributed by atoms with E-state index in [2.05, 4.69) is 4.74 Å². The van der Waals surface area contributed by atoms with Crippen LogP contribution < -0.4 is 4.74 Å². The van der Waals surface area contributed by atoms with E-state index in [1.807, 2.05) is 13.0 Å². The van der Waals surface area contributed by atoms with Gasteiger partial charge in [0.1, 0.15) is 5.75 Å². The van der Waals surface area contributed by atoms with Gasteiger partial charge >= 0.3 is 6.61 Å². The van der Waals surface area contributed by atoms with E-state index < -0.39 is 11.5 Å². The van der Waals surface area contributed by atoms with Gasteiger partial charge in [-0.05, 0) is 35.6 Å². The summed E-state index contributed by atoms with van der Waals surface area (Å²) in [4.78, 5) is 10.2. The molecular weight excluding hydrogens is 292 g/mol. The van der Waals surface area contributed by atoms with E-state index in [1.54, 1.807) is 24.3 Å². The molecule has 0 fully saturated rings. The Morgan fingerprint density at radius 2 is 1.86 bits per heavy atom. The second kappa shape index (κ2) is 6.98. The molecule has 0 radical (unpaired) electrons. The van der Waals surface area contributed by atoms with Gasteiger partial charge in [0.25, 0.3) is 5.69 Å². The molecule has 6 heteroatoms. The van der Waals surface area contributed by atoms with Crippen molar-refractivity contribution in [2.45, 2.75) is 25.9 Å². The maximum absolute atomic E-state index is 12.2. The minimum Gasteiger partial charge on any atom is -0.435 e. The van der Waals surface area contributed by atoms with Gasteiger partial charge in [0, 0.05) is 12.1 Å². The van der Waals surface area contributed by atoms with Crippen molar-refractivity contribution in [1.29, 1.82) is 0 Å². The number of benzene rings is 2. The van der Waals surface area contributed by atoms with Crippen molar-refractivity contribution in [3.63, 3.8) is 0 Å². The van der Waals surface area contributed by atoms with E-state index >= 15 is 0 Å². The Hall–Kier alpha value is -2.50. The van der Waals surface area contributed by atoms with Crippen LogP contribution in [0.5, 0.6) is 5.75 Å². The van der Waals surface area contributed by atoms with Crippen LogP contribution in [-0.4, -0.2) is 11.5 Å². The number of hydrogen-bond acceptors (Lipinski definition) is 3. The van der Waals surface area contributed by atoms with E-state index in [9.17, 15) is 18.9 Å². The number of nitro groups is 1. The lowest BCUT2D eigenvalue weighted by atomic mass is 9.93. The molecule has 1 unspecified atom stereocenters. The molecule has 0 saturated heterocycles. The average molecular weight is 307 g/mol. The van der Waals surface area contributed by atoms with Crippen molar-refractivity contribution in [1.82, 2.24) is 0 Å². The third-order valence-electron chi connectivity index (χ3n) is 3.34. The zero-order chi connectivity index (χ0) is 16.1. The first-order valence-corrected chi connectivity index (χ1v) is 6.74. The fraction of sp³-hybridized carbons (Fsp3) is 0.250. The summed E-state index contributed by atoms with van der Waals surface area (Å²) in [6.45, 7) is -0.871.